The van der Waals surface area contributed by atoms with Crippen LogP contribution in [0.1, 0.15) is 5.56 Å². The second-order valence-electron chi connectivity index (χ2n) is 5.54. The lowest BCUT2D eigenvalue weighted by molar-refractivity contribution is 0.410. The van der Waals surface area contributed by atoms with Crippen LogP contribution in [-0.4, -0.2) is 33.3 Å². The van der Waals surface area contributed by atoms with E-state index in [1.807, 2.05) is 11.0 Å². The van der Waals surface area contributed by atoms with Crippen molar-refractivity contribution in [3.05, 3.63) is 53.6 Å². The zero-order valence-corrected chi connectivity index (χ0v) is 13.3. The Labute approximate surface area is 139 Å². The standard InChI is InChI=1S/C18H17F2N3O/c1-24-18-11-13(19)5-6-17(18)23-9-7-22(8-10-23)16-4-2-3-15(20)14(16)12-21/h2-6,11H,7-10H2,1H3. The zero-order chi connectivity index (χ0) is 17.1. The lowest BCUT2D eigenvalue weighted by Gasteiger charge is -2.38. The molecule has 0 atom stereocenters. The molecule has 0 aliphatic carbocycles. The van der Waals surface area contributed by atoms with Crippen molar-refractivity contribution in [2.24, 2.45) is 0 Å². The molecule has 4 nitrogen and oxygen atoms in total. The molecule has 1 heterocycles. The van der Waals surface area contributed by atoms with Crippen molar-refractivity contribution in [1.29, 1.82) is 5.26 Å². The molecule has 1 fully saturated rings. The van der Waals surface area contributed by atoms with Crippen molar-refractivity contribution < 1.29 is 13.5 Å². The first kappa shape index (κ1) is 16.1. The van der Waals surface area contributed by atoms with Gasteiger partial charge >= 0.3 is 0 Å². The second kappa shape index (κ2) is 6.75. The van der Waals surface area contributed by atoms with Crippen LogP contribution in [0.3, 0.4) is 0 Å². The molecule has 2 aromatic carbocycles. The monoisotopic (exact) mass is 329 g/mol. The molecule has 3 rings (SSSR count). The average molecular weight is 329 g/mol. The van der Waals surface area contributed by atoms with E-state index in [0.29, 0.717) is 37.6 Å². The van der Waals surface area contributed by atoms with E-state index in [-0.39, 0.29) is 11.4 Å². The fourth-order valence-electron chi connectivity index (χ4n) is 2.99. The number of halogens is 2. The molecule has 0 saturated carbocycles. The van der Waals surface area contributed by atoms with Gasteiger partial charge in [0.25, 0.3) is 0 Å². The molecule has 0 bridgehead atoms. The smallest absolute Gasteiger partial charge is 0.145 e. The number of hydrogen-bond acceptors (Lipinski definition) is 4. The van der Waals surface area contributed by atoms with Gasteiger partial charge < -0.3 is 14.5 Å². The van der Waals surface area contributed by atoms with E-state index in [1.165, 1.54) is 25.3 Å². The van der Waals surface area contributed by atoms with Crippen LogP contribution in [0, 0.1) is 23.0 Å². The molecule has 0 spiro atoms. The SMILES string of the molecule is COc1cc(F)ccc1N1CCN(c2cccc(F)c2C#N)CC1. The fourth-order valence-corrected chi connectivity index (χ4v) is 2.99. The van der Waals surface area contributed by atoms with E-state index in [0.717, 1.165) is 5.69 Å². The minimum Gasteiger partial charge on any atom is -0.494 e. The van der Waals surface area contributed by atoms with E-state index in [9.17, 15) is 14.0 Å². The molecule has 124 valence electrons. The van der Waals surface area contributed by atoms with Crippen LogP contribution in [0.4, 0.5) is 20.2 Å². The Balaban J connectivity index is 1.78. The van der Waals surface area contributed by atoms with E-state index in [2.05, 4.69) is 4.90 Å². The van der Waals surface area contributed by atoms with E-state index in [1.54, 1.807) is 18.2 Å². The van der Waals surface area contributed by atoms with Gasteiger partial charge in [0, 0.05) is 32.2 Å². The van der Waals surface area contributed by atoms with Gasteiger partial charge in [0.1, 0.15) is 29.0 Å². The summed E-state index contributed by atoms with van der Waals surface area (Å²) in [6.07, 6.45) is 0. The number of methoxy groups -OCH3 is 1. The second-order valence-corrected chi connectivity index (χ2v) is 5.54. The number of rotatable bonds is 3. The average Bonchev–Trinajstić information content (AvgIpc) is 2.61. The predicted octanol–water partition coefficient (Wildman–Crippen LogP) is 3.17. The molecule has 6 heteroatoms. The number of nitrogens with zero attached hydrogens (tertiary/aromatic N) is 3. The Kier molecular flexibility index (Phi) is 4.52. The first-order valence-corrected chi connectivity index (χ1v) is 7.66. The number of ether oxygens (including phenoxy) is 1. The third-order valence-electron chi connectivity index (χ3n) is 4.21. The summed E-state index contributed by atoms with van der Waals surface area (Å²) in [5.74, 6) is -0.350. The number of nitriles is 1. The Morgan fingerprint density at radius 3 is 2.29 bits per heavy atom. The van der Waals surface area contributed by atoms with Gasteiger partial charge in [-0.3, -0.25) is 0 Å². The van der Waals surface area contributed by atoms with Crippen LogP contribution in [0.2, 0.25) is 0 Å². The van der Waals surface area contributed by atoms with Crippen molar-refractivity contribution in [3.8, 4) is 11.8 Å². The highest BCUT2D eigenvalue weighted by atomic mass is 19.1. The first-order valence-electron chi connectivity index (χ1n) is 7.66. The maximum Gasteiger partial charge on any atom is 0.145 e. The Morgan fingerprint density at radius 1 is 1.00 bits per heavy atom. The summed E-state index contributed by atoms with van der Waals surface area (Å²) >= 11 is 0. The van der Waals surface area contributed by atoms with Gasteiger partial charge in [-0.1, -0.05) is 6.07 Å². The Hall–Kier alpha value is -2.81. The molecular formula is C18H17F2N3O. The van der Waals surface area contributed by atoms with E-state index in [4.69, 9.17) is 4.74 Å². The van der Waals surface area contributed by atoms with Crippen LogP contribution in [0.5, 0.6) is 5.75 Å². The van der Waals surface area contributed by atoms with Crippen molar-refractivity contribution >= 4 is 11.4 Å². The highest BCUT2D eigenvalue weighted by Gasteiger charge is 2.22. The van der Waals surface area contributed by atoms with Gasteiger partial charge in [-0.05, 0) is 24.3 Å². The van der Waals surface area contributed by atoms with Crippen LogP contribution in [0.25, 0.3) is 0 Å². The van der Waals surface area contributed by atoms with Crippen molar-refractivity contribution in [1.82, 2.24) is 0 Å². The summed E-state index contributed by atoms with van der Waals surface area (Å²) in [5.41, 5.74) is 1.52. The normalized spacial score (nSPS) is 14.4. The third kappa shape index (κ3) is 2.98. The molecule has 0 amide bonds. The summed E-state index contributed by atoms with van der Waals surface area (Å²) in [4.78, 5) is 4.09. The summed E-state index contributed by atoms with van der Waals surface area (Å²) in [6.45, 7) is 2.62. The van der Waals surface area contributed by atoms with Gasteiger partial charge in [0.2, 0.25) is 0 Å². The highest BCUT2D eigenvalue weighted by Crippen LogP contribution is 2.31. The lowest BCUT2D eigenvalue weighted by atomic mass is 10.1. The molecule has 0 aromatic heterocycles. The summed E-state index contributed by atoms with van der Waals surface area (Å²) in [7, 11) is 1.51. The molecule has 0 N–H and O–H groups in total. The van der Waals surface area contributed by atoms with Gasteiger partial charge in [-0.2, -0.15) is 5.26 Å². The molecule has 1 saturated heterocycles. The molecular weight excluding hydrogens is 312 g/mol. The van der Waals surface area contributed by atoms with Crippen LogP contribution in [0.15, 0.2) is 36.4 Å². The summed E-state index contributed by atoms with van der Waals surface area (Å²) in [5, 5.41) is 9.18. The van der Waals surface area contributed by atoms with E-state index < -0.39 is 5.82 Å². The van der Waals surface area contributed by atoms with Gasteiger partial charge in [-0.25, -0.2) is 8.78 Å². The fraction of sp³-hybridized carbons (Fsp3) is 0.278. The molecule has 1 aliphatic heterocycles. The Bertz CT molecular complexity index is 780. The predicted molar refractivity (Wildman–Crippen MR) is 88.5 cm³/mol. The minimum atomic E-state index is -0.502. The summed E-state index contributed by atoms with van der Waals surface area (Å²) < 4.78 is 32.4. The molecule has 0 unspecified atom stereocenters. The number of anilines is 2. The van der Waals surface area contributed by atoms with E-state index >= 15 is 0 Å². The van der Waals surface area contributed by atoms with Crippen molar-refractivity contribution in [2.75, 3.05) is 43.1 Å². The maximum absolute atomic E-state index is 13.8. The molecule has 24 heavy (non-hydrogen) atoms. The van der Waals surface area contributed by atoms with Crippen LogP contribution < -0.4 is 14.5 Å². The molecule has 2 aromatic rings. The first-order chi connectivity index (χ1) is 11.6. The number of hydrogen-bond donors (Lipinski definition) is 0. The van der Waals surface area contributed by atoms with Crippen LogP contribution >= 0.6 is 0 Å². The third-order valence-corrected chi connectivity index (χ3v) is 4.21. The van der Waals surface area contributed by atoms with Crippen LogP contribution in [-0.2, 0) is 0 Å². The summed E-state index contributed by atoms with van der Waals surface area (Å²) in [6, 6.07) is 11.1. The quantitative estimate of drug-likeness (QED) is 0.867. The Morgan fingerprint density at radius 2 is 1.67 bits per heavy atom. The van der Waals surface area contributed by atoms with Crippen molar-refractivity contribution in [3.63, 3.8) is 0 Å². The maximum atomic E-state index is 13.8. The highest BCUT2D eigenvalue weighted by molar-refractivity contribution is 5.63. The van der Waals surface area contributed by atoms with Gasteiger partial charge in [0.15, 0.2) is 0 Å². The van der Waals surface area contributed by atoms with Gasteiger partial charge in [-0.15, -0.1) is 0 Å². The molecule has 1 aliphatic rings. The number of piperazine rings is 1. The zero-order valence-electron chi connectivity index (χ0n) is 13.3. The number of benzene rings is 2. The van der Waals surface area contributed by atoms with Crippen molar-refractivity contribution in [2.45, 2.75) is 0 Å². The largest absolute Gasteiger partial charge is 0.494 e. The molecule has 0 radical (unpaired) electrons. The topological polar surface area (TPSA) is 39.5 Å². The lowest BCUT2D eigenvalue weighted by Crippen LogP contribution is -2.47. The minimum absolute atomic E-state index is 0.0744. The van der Waals surface area contributed by atoms with Gasteiger partial charge in [0.05, 0.1) is 18.5 Å².